The van der Waals surface area contributed by atoms with Crippen molar-refractivity contribution >= 4 is 17.2 Å². The van der Waals surface area contributed by atoms with Gasteiger partial charge in [0.15, 0.2) is 0 Å². The van der Waals surface area contributed by atoms with Gasteiger partial charge in [-0.25, -0.2) is 0 Å². The summed E-state index contributed by atoms with van der Waals surface area (Å²) >= 11 is 1.73. The highest BCUT2D eigenvalue weighted by molar-refractivity contribution is 7.09. The standard InChI is InChI=1S/C18H24N2O3S/c1-19(11-15-5-2-8-22-15)18(21)14-20(12-16-6-3-9-23-16)13-17-7-4-10-24-17/h2,4-5,7-8,10,16H,3,6,9,11-14H2,1H3. The highest BCUT2D eigenvalue weighted by Crippen LogP contribution is 2.17. The van der Waals surface area contributed by atoms with Crippen LogP contribution < -0.4 is 0 Å². The Kier molecular flexibility index (Phi) is 6.07. The van der Waals surface area contributed by atoms with E-state index in [9.17, 15) is 4.79 Å². The summed E-state index contributed by atoms with van der Waals surface area (Å²) in [7, 11) is 1.82. The Bertz CT molecular complexity index is 606. The van der Waals surface area contributed by atoms with Crippen LogP contribution in [-0.4, -0.2) is 48.6 Å². The van der Waals surface area contributed by atoms with Crippen molar-refractivity contribution in [2.24, 2.45) is 0 Å². The van der Waals surface area contributed by atoms with Crippen LogP contribution in [0, 0.1) is 0 Å². The third kappa shape index (κ3) is 4.93. The van der Waals surface area contributed by atoms with Gasteiger partial charge in [0.25, 0.3) is 0 Å². The summed E-state index contributed by atoms with van der Waals surface area (Å²) in [5.74, 6) is 0.899. The van der Waals surface area contributed by atoms with E-state index in [1.54, 1.807) is 22.5 Å². The number of thiophene rings is 1. The van der Waals surface area contributed by atoms with Crippen LogP contribution in [0.1, 0.15) is 23.5 Å². The minimum atomic E-state index is 0.0981. The van der Waals surface area contributed by atoms with Gasteiger partial charge in [-0.05, 0) is 36.4 Å². The number of hydrogen-bond acceptors (Lipinski definition) is 5. The molecule has 1 unspecified atom stereocenters. The molecule has 1 fully saturated rings. The van der Waals surface area contributed by atoms with Crippen LogP contribution >= 0.6 is 11.3 Å². The van der Waals surface area contributed by atoms with Crippen molar-refractivity contribution < 1.29 is 13.9 Å². The van der Waals surface area contributed by atoms with Gasteiger partial charge in [0.2, 0.25) is 5.91 Å². The number of likely N-dealkylation sites (N-methyl/N-ethyl adjacent to an activating group) is 1. The zero-order chi connectivity index (χ0) is 16.8. The first-order chi connectivity index (χ1) is 11.7. The fourth-order valence-electron chi connectivity index (χ4n) is 2.92. The smallest absolute Gasteiger partial charge is 0.236 e. The van der Waals surface area contributed by atoms with Gasteiger partial charge < -0.3 is 14.1 Å². The molecule has 1 atom stereocenters. The molecule has 0 aromatic carbocycles. The van der Waals surface area contributed by atoms with Crippen LogP contribution in [-0.2, 0) is 22.6 Å². The zero-order valence-electron chi connectivity index (χ0n) is 14.0. The first-order valence-corrected chi connectivity index (χ1v) is 9.21. The Morgan fingerprint density at radius 3 is 2.92 bits per heavy atom. The summed E-state index contributed by atoms with van der Waals surface area (Å²) in [6.07, 6.45) is 4.07. The molecule has 1 amide bonds. The van der Waals surface area contributed by atoms with Gasteiger partial charge in [-0.1, -0.05) is 6.07 Å². The predicted molar refractivity (Wildman–Crippen MR) is 93.8 cm³/mol. The molecule has 24 heavy (non-hydrogen) atoms. The molecule has 2 aromatic rings. The monoisotopic (exact) mass is 348 g/mol. The summed E-state index contributed by atoms with van der Waals surface area (Å²) in [5, 5.41) is 2.07. The Hall–Kier alpha value is -1.63. The SMILES string of the molecule is CN(Cc1ccco1)C(=O)CN(Cc1cccs1)CC1CCCO1. The van der Waals surface area contributed by atoms with Crippen LogP contribution in [0.15, 0.2) is 40.3 Å². The molecule has 130 valence electrons. The van der Waals surface area contributed by atoms with Gasteiger partial charge in [-0.15, -0.1) is 11.3 Å². The first-order valence-electron chi connectivity index (χ1n) is 8.33. The number of furan rings is 1. The Morgan fingerprint density at radius 1 is 1.33 bits per heavy atom. The van der Waals surface area contributed by atoms with Crippen molar-refractivity contribution in [2.45, 2.75) is 32.0 Å². The topological polar surface area (TPSA) is 45.9 Å². The molecule has 6 heteroatoms. The number of carbonyl (C=O) groups is 1. The second kappa shape index (κ2) is 8.46. The maximum atomic E-state index is 12.6. The number of rotatable bonds is 8. The van der Waals surface area contributed by atoms with Crippen molar-refractivity contribution in [3.63, 3.8) is 0 Å². The lowest BCUT2D eigenvalue weighted by Crippen LogP contribution is -2.40. The number of ether oxygens (including phenoxy) is 1. The third-order valence-electron chi connectivity index (χ3n) is 4.20. The minimum Gasteiger partial charge on any atom is -0.467 e. The Labute approximate surface area is 146 Å². The van der Waals surface area contributed by atoms with Gasteiger partial charge in [-0.2, -0.15) is 0 Å². The van der Waals surface area contributed by atoms with Crippen molar-refractivity contribution in [3.05, 3.63) is 46.5 Å². The highest BCUT2D eigenvalue weighted by atomic mass is 32.1. The fraction of sp³-hybridized carbons (Fsp3) is 0.500. The summed E-state index contributed by atoms with van der Waals surface area (Å²) in [5.41, 5.74) is 0. The molecule has 0 saturated carbocycles. The molecular weight excluding hydrogens is 324 g/mol. The average molecular weight is 348 g/mol. The average Bonchev–Trinajstić information content (AvgIpc) is 3.30. The third-order valence-corrected chi connectivity index (χ3v) is 5.06. The second-order valence-corrected chi connectivity index (χ2v) is 7.25. The molecule has 0 radical (unpaired) electrons. The normalized spacial score (nSPS) is 17.5. The predicted octanol–water partition coefficient (Wildman–Crippen LogP) is 2.98. The molecule has 3 heterocycles. The van der Waals surface area contributed by atoms with Crippen molar-refractivity contribution in [1.82, 2.24) is 9.80 Å². The highest BCUT2D eigenvalue weighted by Gasteiger charge is 2.22. The van der Waals surface area contributed by atoms with E-state index in [-0.39, 0.29) is 12.0 Å². The van der Waals surface area contributed by atoms with Crippen molar-refractivity contribution in [1.29, 1.82) is 0 Å². The van der Waals surface area contributed by atoms with E-state index in [1.807, 2.05) is 19.2 Å². The molecule has 0 N–H and O–H groups in total. The first kappa shape index (κ1) is 17.2. The van der Waals surface area contributed by atoms with E-state index in [1.165, 1.54) is 4.88 Å². The number of hydrogen-bond donors (Lipinski definition) is 0. The molecule has 0 bridgehead atoms. The lowest BCUT2D eigenvalue weighted by atomic mass is 10.2. The number of amides is 1. The minimum absolute atomic E-state index is 0.0981. The second-order valence-electron chi connectivity index (χ2n) is 6.21. The molecule has 3 rings (SSSR count). The fourth-order valence-corrected chi connectivity index (χ4v) is 3.67. The number of nitrogens with zero attached hydrogens (tertiary/aromatic N) is 2. The lowest BCUT2D eigenvalue weighted by Gasteiger charge is -2.26. The molecule has 1 aliphatic heterocycles. The summed E-state index contributed by atoms with van der Waals surface area (Å²) < 4.78 is 11.1. The molecule has 0 spiro atoms. The summed E-state index contributed by atoms with van der Waals surface area (Å²) in [4.78, 5) is 17.8. The Morgan fingerprint density at radius 2 is 2.25 bits per heavy atom. The van der Waals surface area contributed by atoms with E-state index < -0.39 is 0 Å². The Balaban J connectivity index is 1.57. The number of carbonyl (C=O) groups excluding carboxylic acids is 1. The van der Waals surface area contributed by atoms with Crippen LogP contribution in [0.25, 0.3) is 0 Å². The van der Waals surface area contributed by atoms with E-state index >= 15 is 0 Å². The largest absolute Gasteiger partial charge is 0.467 e. The van der Waals surface area contributed by atoms with Gasteiger partial charge >= 0.3 is 0 Å². The van der Waals surface area contributed by atoms with E-state index in [2.05, 4.69) is 22.4 Å². The van der Waals surface area contributed by atoms with Gasteiger partial charge in [0.1, 0.15) is 5.76 Å². The molecule has 2 aromatic heterocycles. The van der Waals surface area contributed by atoms with Crippen LogP contribution in [0.3, 0.4) is 0 Å². The van der Waals surface area contributed by atoms with Crippen molar-refractivity contribution in [2.75, 3.05) is 26.7 Å². The quantitative estimate of drug-likeness (QED) is 0.736. The molecule has 5 nitrogen and oxygen atoms in total. The lowest BCUT2D eigenvalue weighted by molar-refractivity contribution is -0.132. The van der Waals surface area contributed by atoms with E-state index in [0.29, 0.717) is 13.1 Å². The molecule has 0 aliphatic carbocycles. The van der Waals surface area contributed by atoms with E-state index in [0.717, 1.165) is 38.3 Å². The van der Waals surface area contributed by atoms with Crippen LogP contribution in [0.2, 0.25) is 0 Å². The molecule has 1 aliphatic rings. The van der Waals surface area contributed by atoms with Crippen LogP contribution in [0.4, 0.5) is 0 Å². The van der Waals surface area contributed by atoms with Gasteiger partial charge in [0.05, 0.1) is 25.5 Å². The van der Waals surface area contributed by atoms with E-state index in [4.69, 9.17) is 9.15 Å². The van der Waals surface area contributed by atoms with Gasteiger partial charge in [-0.3, -0.25) is 9.69 Å². The van der Waals surface area contributed by atoms with Gasteiger partial charge in [0, 0.05) is 31.6 Å². The molecule has 1 saturated heterocycles. The maximum absolute atomic E-state index is 12.6. The summed E-state index contributed by atoms with van der Waals surface area (Å²) in [6.45, 7) is 3.33. The zero-order valence-corrected chi connectivity index (χ0v) is 14.8. The summed E-state index contributed by atoms with van der Waals surface area (Å²) in [6, 6.07) is 7.90. The van der Waals surface area contributed by atoms with Crippen LogP contribution in [0.5, 0.6) is 0 Å². The van der Waals surface area contributed by atoms with Crippen molar-refractivity contribution in [3.8, 4) is 0 Å². The molecular formula is C18H24N2O3S. The maximum Gasteiger partial charge on any atom is 0.236 e.